The fraction of sp³-hybridized carbons (Fsp3) is 0.222. The maximum atomic E-state index is 11.5. The number of carbonyl (C=O) groups is 2. The summed E-state index contributed by atoms with van der Waals surface area (Å²) in [5.41, 5.74) is 6.07. The number of hydrogen-bond donors (Lipinski definition) is 4. The molecule has 0 unspecified atom stereocenters. The molecule has 0 aromatic carbocycles. The zero-order chi connectivity index (χ0) is 13.0. The number of nitrogens with two attached hydrogens (primary N) is 1. The predicted octanol–water partition coefficient (Wildman–Crippen LogP) is -1.63. The van der Waals surface area contributed by atoms with Crippen molar-refractivity contribution in [1.29, 1.82) is 0 Å². The summed E-state index contributed by atoms with van der Waals surface area (Å²) in [7, 11) is 0. The maximum absolute atomic E-state index is 11.5. The lowest BCUT2D eigenvalue weighted by molar-refractivity contribution is -0.123. The van der Waals surface area contributed by atoms with Crippen molar-refractivity contribution < 1.29 is 9.59 Å². The average molecular weight is 249 g/mol. The summed E-state index contributed by atoms with van der Waals surface area (Å²) >= 11 is 0. The molecule has 2 aromatic rings. The number of H-pyrrole nitrogens is 1. The molecule has 2 amide bonds. The van der Waals surface area contributed by atoms with Crippen molar-refractivity contribution in [2.45, 2.75) is 0 Å². The number of aromatic amines is 1. The van der Waals surface area contributed by atoms with Crippen LogP contribution in [-0.2, 0) is 9.59 Å². The van der Waals surface area contributed by atoms with E-state index in [1.54, 1.807) is 0 Å². The predicted molar refractivity (Wildman–Crippen MR) is 62.4 cm³/mol. The van der Waals surface area contributed by atoms with Crippen LogP contribution in [0.1, 0.15) is 0 Å². The van der Waals surface area contributed by atoms with Gasteiger partial charge >= 0.3 is 0 Å². The first kappa shape index (κ1) is 11.9. The van der Waals surface area contributed by atoms with Gasteiger partial charge in [-0.3, -0.25) is 9.59 Å². The maximum Gasteiger partial charge on any atom is 0.244 e. The minimum atomic E-state index is -0.411. The number of nitrogens with one attached hydrogen (secondary N) is 3. The van der Waals surface area contributed by atoms with Gasteiger partial charge in [-0.05, 0) is 0 Å². The summed E-state index contributed by atoms with van der Waals surface area (Å²) in [4.78, 5) is 37.0. The molecule has 2 aromatic heterocycles. The van der Waals surface area contributed by atoms with E-state index >= 15 is 0 Å². The molecular weight excluding hydrogens is 238 g/mol. The van der Waals surface area contributed by atoms with Crippen molar-refractivity contribution in [3.05, 3.63) is 12.7 Å². The molecule has 0 aliphatic heterocycles. The molecule has 0 aliphatic carbocycles. The van der Waals surface area contributed by atoms with Gasteiger partial charge in [0.1, 0.15) is 11.8 Å². The van der Waals surface area contributed by atoms with Crippen LogP contribution < -0.4 is 16.4 Å². The molecule has 2 rings (SSSR count). The van der Waals surface area contributed by atoms with Crippen molar-refractivity contribution in [3.8, 4) is 0 Å². The highest BCUT2D eigenvalue weighted by Crippen LogP contribution is 2.13. The summed E-state index contributed by atoms with van der Waals surface area (Å²) in [5.74, 6) is -0.504. The first-order chi connectivity index (χ1) is 8.70. The van der Waals surface area contributed by atoms with Gasteiger partial charge in [-0.2, -0.15) is 0 Å². The lowest BCUT2D eigenvalue weighted by Gasteiger charge is -2.05. The Balaban J connectivity index is 2.03. The summed E-state index contributed by atoms with van der Waals surface area (Å²) in [6, 6.07) is 0. The van der Waals surface area contributed by atoms with E-state index in [4.69, 9.17) is 5.73 Å². The topological polar surface area (TPSA) is 139 Å². The van der Waals surface area contributed by atoms with E-state index in [0.29, 0.717) is 17.0 Å². The highest BCUT2D eigenvalue weighted by atomic mass is 16.2. The minimum Gasteiger partial charge on any atom is -0.346 e. The molecule has 0 fully saturated rings. The van der Waals surface area contributed by atoms with E-state index in [0.717, 1.165) is 0 Å². The van der Waals surface area contributed by atoms with Crippen LogP contribution in [0.2, 0.25) is 0 Å². The zero-order valence-electron chi connectivity index (χ0n) is 9.30. The van der Waals surface area contributed by atoms with Gasteiger partial charge in [0.15, 0.2) is 11.5 Å². The monoisotopic (exact) mass is 249 g/mol. The summed E-state index contributed by atoms with van der Waals surface area (Å²) in [5, 5.41) is 4.88. The Bertz CT molecular complexity index is 579. The number of carbonyl (C=O) groups excluding carboxylic acids is 2. The third-order valence-corrected chi connectivity index (χ3v) is 2.11. The normalized spacial score (nSPS) is 10.3. The molecule has 0 bridgehead atoms. The van der Waals surface area contributed by atoms with Gasteiger partial charge in [0.05, 0.1) is 19.4 Å². The van der Waals surface area contributed by atoms with E-state index < -0.39 is 11.8 Å². The largest absolute Gasteiger partial charge is 0.346 e. The first-order valence-electron chi connectivity index (χ1n) is 5.11. The quantitative estimate of drug-likeness (QED) is 0.513. The first-order valence-corrected chi connectivity index (χ1v) is 5.11. The smallest absolute Gasteiger partial charge is 0.244 e. The second-order valence-corrected chi connectivity index (χ2v) is 3.35. The molecule has 0 saturated carbocycles. The minimum absolute atomic E-state index is 0.161. The van der Waals surface area contributed by atoms with Crippen LogP contribution in [0.15, 0.2) is 12.7 Å². The van der Waals surface area contributed by atoms with E-state index in [-0.39, 0.29) is 13.1 Å². The SMILES string of the molecule is NCC(=O)NCC(=O)Nc1ncnc2nc[nH]c12. The number of imidazole rings is 1. The number of rotatable bonds is 4. The van der Waals surface area contributed by atoms with Gasteiger partial charge in [0, 0.05) is 0 Å². The van der Waals surface area contributed by atoms with Crippen LogP contribution in [-0.4, -0.2) is 44.8 Å². The number of nitrogens with zero attached hydrogens (tertiary/aromatic N) is 3. The molecule has 9 heteroatoms. The number of aromatic nitrogens is 4. The molecule has 9 nitrogen and oxygen atoms in total. The molecular formula is C9H11N7O2. The Morgan fingerprint density at radius 2 is 2.11 bits per heavy atom. The number of anilines is 1. The van der Waals surface area contributed by atoms with Crippen LogP contribution >= 0.6 is 0 Å². The van der Waals surface area contributed by atoms with Crippen LogP contribution in [0.25, 0.3) is 11.2 Å². The summed E-state index contributed by atoms with van der Waals surface area (Å²) < 4.78 is 0. The number of hydrogen-bond acceptors (Lipinski definition) is 6. The van der Waals surface area contributed by atoms with Crippen molar-refractivity contribution >= 4 is 28.8 Å². The van der Waals surface area contributed by atoms with E-state index in [9.17, 15) is 9.59 Å². The van der Waals surface area contributed by atoms with E-state index in [1.165, 1.54) is 12.7 Å². The van der Waals surface area contributed by atoms with E-state index in [1.807, 2.05) is 0 Å². The number of amides is 2. The van der Waals surface area contributed by atoms with Gasteiger partial charge in [-0.15, -0.1) is 0 Å². The van der Waals surface area contributed by atoms with Crippen molar-refractivity contribution in [2.24, 2.45) is 5.73 Å². The second-order valence-electron chi connectivity index (χ2n) is 3.35. The Kier molecular flexibility index (Phi) is 3.44. The third-order valence-electron chi connectivity index (χ3n) is 2.11. The average Bonchev–Trinajstić information content (AvgIpc) is 2.85. The van der Waals surface area contributed by atoms with Gasteiger partial charge in [-0.1, -0.05) is 0 Å². The number of fused-ring (bicyclic) bond motifs is 1. The molecule has 5 N–H and O–H groups in total. The molecule has 94 valence electrons. The van der Waals surface area contributed by atoms with Gasteiger partial charge in [0.25, 0.3) is 0 Å². The van der Waals surface area contributed by atoms with Crippen LogP contribution in [0.5, 0.6) is 0 Å². The fourth-order valence-corrected chi connectivity index (χ4v) is 1.29. The molecule has 0 saturated heterocycles. The van der Waals surface area contributed by atoms with Gasteiger partial charge < -0.3 is 21.4 Å². The highest BCUT2D eigenvalue weighted by Gasteiger charge is 2.09. The van der Waals surface area contributed by atoms with Crippen molar-refractivity contribution in [3.63, 3.8) is 0 Å². The summed E-state index contributed by atoms with van der Waals surface area (Å²) in [6.45, 7) is -0.332. The Morgan fingerprint density at radius 3 is 2.89 bits per heavy atom. The Labute approximate surface area is 101 Å². The van der Waals surface area contributed by atoms with Crippen molar-refractivity contribution in [1.82, 2.24) is 25.3 Å². The molecule has 2 heterocycles. The lowest BCUT2D eigenvalue weighted by atomic mass is 10.4. The molecule has 0 atom stereocenters. The van der Waals surface area contributed by atoms with Gasteiger partial charge in [0.2, 0.25) is 11.8 Å². The lowest BCUT2D eigenvalue weighted by Crippen LogP contribution is -2.36. The Hall–Kier alpha value is -2.55. The van der Waals surface area contributed by atoms with Crippen molar-refractivity contribution in [2.75, 3.05) is 18.4 Å². The molecule has 0 radical (unpaired) electrons. The van der Waals surface area contributed by atoms with E-state index in [2.05, 4.69) is 30.6 Å². The highest BCUT2D eigenvalue weighted by molar-refractivity contribution is 5.98. The zero-order valence-corrected chi connectivity index (χ0v) is 9.30. The molecule has 0 aliphatic rings. The molecule has 18 heavy (non-hydrogen) atoms. The molecule has 0 spiro atoms. The van der Waals surface area contributed by atoms with Crippen LogP contribution in [0.4, 0.5) is 5.82 Å². The van der Waals surface area contributed by atoms with Crippen LogP contribution in [0.3, 0.4) is 0 Å². The van der Waals surface area contributed by atoms with Gasteiger partial charge in [-0.25, -0.2) is 15.0 Å². The Morgan fingerprint density at radius 1 is 1.28 bits per heavy atom. The standard InChI is InChI=1S/C9H11N7O2/c10-1-5(17)11-2-6(18)16-9-7-8(13-3-12-7)14-4-15-9/h3-4H,1-2,10H2,(H,11,17)(H2,12,13,14,15,16,18). The third kappa shape index (κ3) is 2.58. The summed E-state index contributed by atoms with van der Waals surface area (Å²) in [6.07, 6.45) is 2.74. The fourth-order valence-electron chi connectivity index (χ4n) is 1.29. The van der Waals surface area contributed by atoms with Crippen LogP contribution in [0, 0.1) is 0 Å². The second kappa shape index (κ2) is 5.19.